The van der Waals surface area contributed by atoms with Gasteiger partial charge in [0.1, 0.15) is 11.5 Å². The standard InChI is InChI=1S/C25H19N5O5/c26-13-17-4-8-21(9-5-17)34-15-23(31)28-20-3-1-2-19(12-20)25(33)30-29-24(32)16-35-22-10-6-18(14-27)7-11-22/h1-12H,15-16H2,(H,28,31)(H,29,32)(H,30,33). The Morgan fingerprint density at radius 3 is 1.80 bits per heavy atom. The van der Waals surface area contributed by atoms with E-state index >= 15 is 0 Å². The van der Waals surface area contributed by atoms with Crippen LogP contribution in [0.5, 0.6) is 11.5 Å². The summed E-state index contributed by atoms with van der Waals surface area (Å²) in [5.41, 5.74) is 6.01. The highest BCUT2D eigenvalue weighted by Gasteiger charge is 2.10. The monoisotopic (exact) mass is 469 g/mol. The third kappa shape index (κ3) is 7.63. The summed E-state index contributed by atoms with van der Waals surface area (Å²) in [5.74, 6) is -0.794. The molecule has 0 aromatic heterocycles. The zero-order valence-corrected chi connectivity index (χ0v) is 18.3. The lowest BCUT2D eigenvalue weighted by atomic mass is 10.2. The van der Waals surface area contributed by atoms with Gasteiger partial charge < -0.3 is 14.8 Å². The maximum absolute atomic E-state index is 12.3. The van der Waals surface area contributed by atoms with Crippen molar-refractivity contribution in [2.24, 2.45) is 0 Å². The predicted molar refractivity (Wildman–Crippen MR) is 124 cm³/mol. The quantitative estimate of drug-likeness (QED) is 0.428. The molecule has 0 spiro atoms. The number of carbonyl (C=O) groups excluding carboxylic acids is 3. The lowest BCUT2D eigenvalue weighted by molar-refractivity contribution is -0.123. The van der Waals surface area contributed by atoms with Crippen LogP contribution in [0.1, 0.15) is 21.5 Å². The van der Waals surface area contributed by atoms with Gasteiger partial charge >= 0.3 is 0 Å². The van der Waals surface area contributed by atoms with E-state index in [9.17, 15) is 14.4 Å². The summed E-state index contributed by atoms with van der Waals surface area (Å²) < 4.78 is 10.7. The Labute approximate surface area is 200 Å². The zero-order chi connectivity index (χ0) is 25.0. The number of ether oxygens (including phenoxy) is 2. The fourth-order valence-electron chi connectivity index (χ4n) is 2.72. The van der Waals surface area contributed by atoms with Crippen LogP contribution in [0, 0.1) is 22.7 Å². The molecule has 3 aromatic rings. The van der Waals surface area contributed by atoms with Crippen LogP contribution >= 0.6 is 0 Å². The molecular weight excluding hydrogens is 450 g/mol. The molecule has 0 aliphatic heterocycles. The van der Waals surface area contributed by atoms with E-state index in [4.69, 9.17) is 20.0 Å². The third-order valence-corrected chi connectivity index (χ3v) is 4.43. The number of carbonyl (C=O) groups is 3. The first-order chi connectivity index (χ1) is 17.0. The van der Waals surface area contributed by atoms with Crippen molar-refractivity contribution in [1.82, 2.24) is 10.9 Å². The van der Waals surface area contributed by atoms with Gasteiger partial charge in [-0.05, 0) is 66.7 Å². The Morgan fingerprint density at radius 2 is 1.26 bits per heavy atom. The molecule has 0 saturated heterocycles. The number of benzene rings is 3. The zero-order valence-electron chi connectivity index (χ0n) is 18.3. The molecule has 3 amide bonds. The molecule has 10 heteroatoms. The number of nitrogens with zero attached hydrogens (tertiary/aromatic N) is 2. The topological polar surface area (TPSA) is 153 Å². The van der Waals surface area contributed by atoms with Gasteiger partial charge in [0.05, 0.1) is 23.3 Å². The lowest BCUT2D eigenvalue weighted by Gasteiger charge is -2.10. The van der Waals surface area contributed by atoms with E-state index in [0.29, 0.717) is 28.3 Å². The van der Waals surface area contributed by atoms with E-state index in [1.807, 2.05) is 12.1 Å². The second-order valence-electron chi connectivity index (χ2n) is 6.98. The van der Waals surface area contributed by atoms with Gasteiger partial charge in [0, 0.05) is 11.3 Å². The molecule has 0 saturated carbocycles. The summed E-state index contributed by atoms with van der Waals surface area (Å²) in [7, 11) is 0. The Balaban J connectivity index is 1.44. The minimum atomic E-state index is -0.596. The first kappa shape index (κ1) is 24.3. The Morgan fingerprint density at radius 1 is 0.714 bits per heavy atom. The van der Waals surface area contributed by atoms with Crippen LogP contribution < -0.4 is 25.6 Å². The van der Waals surface area contributed by atoms with Gasteiger partial charge in [-0.3, -0.25) is 25.2 Å². The van der Waals surface area contributed by atoms with Crippen molar-refractivity contribution in [2.75, 3.05) is 18.5 Å². The summed E-state index contributed by atoms with van der Waals surface area (Å²) in [6.07, 6.45) is 0. The number of nitriles is 2. The molecule has 174 valence electrons. The number of rotatable bonds is 8. The molecule has 0 radical (unpaired) electrons. The van der Waals surface area contributed by atoms with E-state index < -0.39 is 17.7 Å². The molecule has 0 atom stereocenters. The smallest absolute Gasteiger partial charge is 0.276 e. The number of hydrazine groups is 1. The normalized spacial score (nSPS) is 9.66. The van der Waals surface area contributed by atoms with Crippen LogP contribution in [-0.4, -0.2) is 30.9 Å². The molecule has 3 aromatic carbocycles. The van der Waals surface area contributed by atoms with E-state index in [2.05, 4.69) is 16.2 Å². The van der Waals surface area contributed by atoms with Crippen molar-refractivity contribution in [1.29, 1.82) is 10.5 Å². The second-order valence-corrected chi connectivity index (χ2v) is 6.98. The summed E-state index contributed by atoms with van der Waals surface area (Å²) in [4.78, 5) is 36.4. The maximum atomic E-state index is 12.3. The summed E-state index contributed by atoms with van der Waals surface area (Å²) >= 11 is 0. The Kier molecular flexibility index (Phi) is 8.36. The molecule has 3 rings (SSSR count). The van der Waals surface area contributed by atoms with E-state index in [1.165, 1.54) is 12.1 Å². The van der Waals surface area contributed by atoms with Crippen molar-refractivity contribution < 1.29 is 23.9 Å². The van der Waals surface area contributed by atoms with Crippen LogP contribution in [0.3, 0.4) is 0 Å². The molecule has 0 aliphatic carbocycles. The van der Waals surface area contributed by atoms with Crippen LogP contribution in [0.25, 0.3) is 0 Å². The van der Waals surface area contributed by atoms with Crippen molar-refractivity contribution >= 4 is 23.4 Å². The minimum Gasteiger partial charge on any atom is -0.484 e. The average Bonchev–Trinajstić information content (AvgIpc) is 2.90. The largest absolute Gasteiger partial charge is 0.484 e. The molecule has 0 bridgehead atoms. The molecule has 0 unspecified atom stereocenters. The van der Waals surface area contributed by atoms with E-state index in [-0.39, 0.29) is 18.8 Å². The molecule has 35 heavy (non-hydrogen) atoms. The highest BCUT2D eigenvalue weighted by Crippen LogP contribution is 2.13. The van der Waals surface area contributed by atoms with Crippen LogP contribution in [-0.2, 0) is 9.59 Å². The Bertz CT molecular complexity index is 1290. The summed E-state index contributed by atoms with van der Waals surface area (Å²) in [6, 6.07) is 22.6. The highest BCUT2D eigenvalue weighted by molar-refractivity contribution is 5.98. The predicted octanol–water partition coefficient (Wildman–Crippen LogP) is 2.29. The minimum absolute atomic E-state index is 0.198. The average molecular weight is 469 g/mol. The fraction of sp³-hybridized carbons (Fsp3) is 0.0800. The fourth-order valence-corrected chi connectivity index (χ4v) is 2.72. The Hall–Kier alpha value is -5.35. The highest BCUT2D eigenvalue weighted by atomic mass is 16.5. The molecule has 10 nitrogen and oxygen atoms in total. The van der Waals surface area contributed by atoms with Crippen molar-refractivity contribution in [3.05, 3.63) is 89.5 Å². The van der Waals surface area contributed by atoms with Crippen molar-refractivity contribution in [3.8, 4) is 23.6 Å². The lowest BCUT2D eigenvalue weighted by Crippen LogP contribution is -2.43. The second kappa shape index (κ2) is 12.0. The molecule has 0 aliphatic rings. The number of nitrogens with one attached hydrogen (secondary N) is 3. The van der Waals surface area contributed by atoms with Crippen LogP contribution in [0.15, 0.2) is 72.8 Å². The summed E-state index contributed by atoms with van der Waals surface area (Å²) in [6.45, 7) is -0.612. The number of amides is 3. The maximum Gasteiger partial charge on any atom is 0.276 e. The molecular formula is C25H19N5O5. The first-order valence-corrected chi connectivity index (χ1v) is 10.2. The molecule has 0 fully saturated rings. The van der Waals surface area contributed by atoms with E-state index in [1.54, 1.807) is 60.7 Å². The number of hydrogen-bond acceptors (Lipinski definition) is 7. The van der Waals surface area contributed by atoms with Gasteiger partial charge in [-0.1, -0.05) is 6.07 Å². The van der Waals surface area contributed by atoms with Gasteiger partial charge in [-0.15, -0.1) is 0 Å². The van der Waals surface area contributed by atoms with Gasteiger partial charge in [-0.25, -0.2) is 0 Å². The van der Waals surface area contributed by atoms with E-state index in [0.717, 1.165) is 0 Å². The molecule has 0 heterocycles. The molecule has 3 N–H and O–H groups in total. The van der Waals surface area contributed by atoms with Crippen LogP contribution in [0.2, 0.25) is 0 Å². The van der Waals surface area contributed by atoms with Gasteiger partial charge in [0.25, 0.3) is 17.7 Å². The summed E-state index contributed by atoms with van der Waals surface area (Å²) in [5, 5.41) is 20.2. The van der Waals surface area contributed by atoms with Gasteiger partial charge in [0.15, 0.2) is 13.2 Å². The van der Waals surface area contributed by atoms with Gasteiger partial charge in [-0.2, -0.15) is 10.5 Å². The van der Waals surface area contributed by atoms with Crippen molar-refractivity contribution in [3.63, 3.8) is 0 Å². The van der Waals surface area contributed by atoms with Gasteiger partial charge in [0.2, 0.25) is 0 Å². The third-order valence-electron chi connectivity index (χ3n) is 4.43. The SMILES string of the molecule is N#Cc1ccc(OCC(=O)NNC(=O)c2cccc(NC(=O)COc3ccc(C#N)cc3)c2)cc1. The number of hydrogen-bond donors (Lipinski definition) is 3. The van der Waals surface area contributed by atoms with Crippen LogP contribution in [0.4, 0.5) is 5.69 Å². The van der Waals surface area contributed by atoms with Crippen molar-refractivity contribution in [2.45, 2.75) is 0 Å². The first-order valence-electron chi connectivity index (χ1n) is 10.2. The number of anilines is 1.